The molecule has 2 heterocycles. The molecule has 2 aliphatic rings. The molecule has 8 nitrogen and oxygen atoms in total. The fourth-order valence-corrected chi connectivity index (χ4v) is 2.12. The molecule has 2 atom stereocenters. The van der Waals surface area contributed by atoms with Crippen molar-refractivity contribution in [3.63, 3.8) is 0 Å². The first-order chi connectivity index (χ1) is 8.16. The zero-order valence-electron chi connectivity index (χ0n) is 9.65. The van der Waals surface area contributed by atoms with Gasteiger partial charge < -0.3 is 18.4 Å². The number of carbonyl (C=O) groups excluding carboxylic acids is 1. The minimum Gasteiger partial charge on any atom is -0.448 e. The fourth-order valence-electron chi connectivity index (χ4n) is 1.73. The van der Waals surface area contributed by atoms with Crippen molar-refractivity contribution in [2.24, 2.45) is 0 Å². The number of hydrogen-bond acceptors (Lipinski definition) is 7. The van der Waals surface area contributed by atoms with Crippen molar-refractivity contribution >= 4 is 16.4 Å². The summed E-state index contributed by atoms with van der Waals surface area (Å²) < 4.78 is 49.7. The minimum atomic E-state index is -4.72. The Balaban J connectivity index is 2.14. The molecule has 0 aliphatic carbocycles. The van der Waals surface area contributed by atoms with Gasteiger partial charge in [0.15, 0.2) is 17.7 Å². The summed E-state index contributed by atoms with van der Waals surface area (Å²) in [4.78, 5) is 11.1. The highest BCUT2D eigenvalue weighted by molar-refractivity contribution is 7.81. The highest BCUT2D eigenvalue weighted by Gasteiger charge is 2.45. The van der Waals surface area contributed by atoms with Crippen LogP contribution in [0.1, 0.15) is 13.8 Å². The van der Waals surface area contributed by atoms with Gasteiger partial charge in [-0.2, -0.15) is 8.42 Å². The van der Waals surface area contributed by atoms with Crippen LogP contribution in [0, 0.1) is 0 Å². The maximum Gasteiger partial charge on any atom is 0.446 e. The molecular formula is C9H12O8S. The molecule has 0 aromatic carbocycles. The zero-order chi connectivity index (χ0) is 13.6. The third-order valence-electron chi connectivity index (χ3n) is 2.35. The quantitative estimate of drug-likeness (QED) is 0.557. The lowest BCUT2D eigenvalue weighted by atomic mass is 10.2. The van der Waals surface area contributed by atoms with E-state index in [1.807, 2.05) is 0 Å². The van der Waals surface area contributed by atoms with Crippen LogP contribution in [0.4, 0.5) is 0 Å². The Hall–Kier alpha value is -1.16. The zero-order valence-corrected chi connectivity index (χ0v) is 10.5. The first kappa shape index (κ1) is 13.3. The Morgan fingerprint density at radius 2 is 2.17 bits per heavy atom. The van der Waals surface area contributed by atoms with E-state index < -0.39 is 34.4 Å². The van der Waals surface area contributed by atoms with Gasteiger partial charge in [-0.15, -0.1) is 0 Å². The average molecular weight is 280 g/mol. The van der Waals surface area contributed by atoms with Gasteiger partial charge in [-0.25, -0.2) is 4.79 Å². The summed E-state index contributed by atoms with van der Waals surface area (Å²) in [6, 6.07) is 0. The summed E-state index contributed by atoms with van der Waals surface area (Å²) in [5.74, 6) is -1.95. The summed E-state index contributed by atoms with van der Waals surface area (Å²) in [6.07, 6.45) is -0.909. The minimum absolute atomic E-state index is 0.108. The number of ether oxygens (including phenoxy) is 3. The van der Waals surface area contributed by atoms with Crippen LogP contribution in [0.25, 0.3) is 0 Å². The van der Waals surface area contributed by atoms with E-state index in [0.29, 0.717) is 0 Å². The summed E-state index contributed by atoms with van der Waals surface area (Å²) in [6.45, 7) is 3.44. The summed E-state index contributed by atoms with van der Waals surface area (Å²) >= 11 is 0. The van der Waals surface area contributed by atoms with Gasteiger partial charge in [-0.3, -0.25) is 4.55 Å². The van der Waals surface area contributed by atoms with E-state index >= 15 is 0 Å². The van der Waals surface area contributed by atoms with E-state index in [1.54, 1.807) is 13.8 Å². The number of cyclic esters (lactones) is 1. The van der Waals surface area contributed by atoms with Crippen molar-refractivity contribution in [3.8, 4) is 0 Å². The van der Waals surface area contributed by atoms with E-state index in [9.17, 15) is 13.2 Å². The molecule has 1 N–H and O–H groups in total. The van der Waals surface area contributed by atoms with Crippen LogP contribution in [-0.4, -0.2) is 43.5 Å². The van der Waals surface area contributed by atoms with Gasteiger partial charge in [-0.1, -0.05) is 0 Å². The molecule has 102 valence electrons. The fraction of sp³-hybridized carbons (Fsp3) is 0.667. The molecule has 0 bridgehead atoms. The Morgan fingerprint density at radius 1 is 1.50 bits per heavy atom. The molecule has 0 radical (unpaired) electrons. The van der Waals surface area contributed by atoms with Crippen molar-refractivity contribution < 1.29 is 36.2 Å². The lowest BCUT2D eigenvalue weighted by molar-refractivity contribution is -0.161. The van der Waals surface area contributed by atoms with E-state index in [0.717, 1.165) is 6.08 Å². The number of hydrogen-bond donors (Lipinski definition) is 1. The maximum atomic E-state index is 11.1. The van der Waals surface area contributed by atoms with Crippen LogP contribution in [0.5, 0.6) is 0 Å². The predicted octanol–water partition coefficient (Wildman–Crippen LogP) is -0.233. The van der Waals surface area contributed by atoms with Crippen LogP contribution in [0.3, 0.4) is 0 Å². The van der Waals surface area contributed by atoms with Gasteiger partial charge in [0.25, 0.3) is 0 Å². The van der Waals surface area contributed by atoms with Crippen molar-refractivity contribution in [3.05, 3.63) is 11.8 Å². The van der Waals surface area contributed by atoms with Gasteiger partial charge >= 0.3 is 16.4 Å². The Morgan fingerprint density at radius 3 is 2.67 bits per heavy atom. The van der Waals surface area contributed by atoms with Crippen LogP contribution in [0.15, 0.2) is 11.8 Å². The molecule has 0 saturated carbocycles. The molecule has 0 aromatic rings. The van der Waals surface area contributed by atoms with Crippen molar-refractivity contribution in [2.75, 3.05) is 6.61 Å². The second-order valence-electron chi connectivity index (χ2n) is 4.28. The smallest absolute Gasteiger partial charge is 0.446 e. The molecule has 0 unspecified atom stereocenters. The van der Waals surface area contributed by atoms with Gasteiger partial charge in [0.1, 0.15) is 6.10 Å². The predicted molar refractivity (Wildman–Crippen MR) is 55.5 cm³/mol. The monoisotopic (exact) mass is 280 g/mol. The third kappa shape index (κ3) is 2.99. The lowest BCUT2D eigenvalue weighted by Crippen LogP contribution is -2.33. The number of esters is 1. The number of carbonyl (C=O) groups is 1. The van der Waals surface area contributed by atoms with Crippen molar-refractivity contribution in [1.82, 2.24) is 0 Å². The van der Waals surface area contributed by atoms with Crippen LogP contribution in [-0.2, 0) is 33.6 Å². The molecule has 0 amide bonds. The van der Waals surface area contributed by atoms with E-state index in [1.165, 1.54) is 0 Å². The first-order valence-corrected chi connectivity index (χ1v) is 6.44. The van der Waals surface area contributed by atoms with E-state index in [2.05, 4.69) is 4.18 Å². The molecule has 18 heavy (non-hydrogen) atoms. The van der Waals surface area contributed by atoms with Crippen LogP contribution >= 0.6 is 0 Å². The molecule has 9 heteroatoms. The highest BCUT2D eigenvalue weighted by Crippen LogP contribution is 2.31. The SMILES string of the molecule is CC1(C)OC[C@H]([C@H]2OC(=O)C=C2OS(=O)(=O)O)O1. The molecular weight excluding hydrogens is 268 g/mol. The van der Waals surface area contributed by atoms with Gasteiger partial charge in [0, 0.05) is 0 Å². The first-order valence-electron chi connectivity index (χ1n) is 5.07. The average Bonchev–Trinajstić information content (AvgIpc) is 2.67. The Kier molecular flexibility index (Phi) is 3.09. The standard InChI is InChI=1S/C9H12O8S/c1-9(2)14-4-6(16-9)8-5(3-7(10)15-8)17-18(11,12)13/h3,6,8H,4H2,1-2H3,(H,11,12,13)/t6-,8+/m1/s1. The molecule has 0 aromatic heterocycles. The normalized spacial score (nSPS) is 31.1. The molecule has 1 saturated heterocycles. The molecule has 1 fully saturated rings. The maximum absolute atomic E-state index is 11.1. The topological polar surface area (TPSA) is 108 Å². The third-order valence-corrected chi connectivity index (χ3v) is 2.76. The van der Waals surface area contributed by atoms with Gasteiger partial charge in [0.2, 0.25) is 0 Å². The van der Waals surface area contributed by atoms with Crippen molar-refractivity contribution in [2.45, 2.75) is 31.8 Å². The largest absolute Gasteiger partial charge is 0.448 e. The highest BCUT2D eigenvalue weighted by atomic mass is 32.3. The van der Waals surface area contributed by atoms with E-state index in [4.69, 9.17) is 18.8 Å². The second kappa shape index (κ2) is 4.19. The number of rotatable bonds is 3. The summed E-state index contributed by atoms with van der Waals surface area (Å²) in [5.41, 5.74) is 0. The van der Waals surface area contributed by atoms with Crippen LogP contribution < -0.4 is 0 Å². The van der Waals surface area contributed by atoms with Gasteiger partial charge in [-0.05, 0) is 13.8 Å². The summed E-state index contributed by atoms with van der Waals surface area (Å²) in [7, 11) is -4.72. The Labute approximate surface area is 103 Å². The summed E-state index contributed by atoms with van der Waals surface area (Å²) in [5, 5.41) is 0. The van der Waals surface area contributed by atoms with Gasteiger partial charge in [0.05, 0.1) is 12.7 Å². The van der Waals surface area contributed by atoms with E-state index in [-0.39, 0.29) is 12.4 Å². The van der Waals surface area contributed by atoms with Crippen molar-refractivity contribution in [1.29, 1.82) is 0 Å². The lowest BCUT2D eigenvalue weighted by Gasteiger charge is -2.21. The Bertz CT molecular complexity index is 491. The molecule has 2 aliphatic heterocycles. The van der Waals surface area contributed by atoms with Crippen LogP contribution in [0.2, 0.25) is 0 Å². The second-order valence-corrected chi connectivity index (χ2v) is 5.30. The molecule has 0 spiro atoms. The molecule has 2 rings (SSSR count).